The molecule has 1 saturated heterocycles. The van der Waals surface area contributed by atoms with E-state index in [-0.39, 0.29) is 5.41 Å². The number of likely N-dealkylation sites (tertiary alicyclic amines) is 1. The highest BCUT2D eigenvalue weighted by molar-refractivity contribution is 7.90. The van der Waals surface area contributed by atoms with Gasteiger partial charge in [0.15, 0.2) is 9.84 Å². The van der Waals surface area contributed by atoms with Crippen LogP contribution in [0.4, 0.5) is 0 Å². The third-order valence-electron chi connectivity index (χ3n) is 7.25. The molecule has 2 spiro atoms. The van der Waals surface area contributed by atoms with E-state index in [9.17, 15) is 8.42 Å². The molecule has 1 aromatic rings. The van der Waals surface area contributed by atoms with Crippen molar-refractivity contribution in [3.05, 3.63) is 29.3 Å². The van der Waals surface area contributed by atoms with E-state index in [4.69, 9.17) is 0 Å². The molecule has 1 aliphatic heterocycles. The van der Waals surface area contributed by atoms with Crippen LogP contribution in [0, 0.1) is 5.92 Å². The van der Waals surface area contributed by atoms with Crippen LogP contribution in [0.25, 0.3) is 0 Å². The molecule has 0 aromatic heterocycles. The van der Waals surface area contributed by atoms with E-state index in [1.54, 1.807) is 0 Å². The topological polar surface area (TPSA) is 37.1 Å². The Labute approximate surface area is 132 Å². The van der Waals surface area contributed by atoms with E-state index in [0.717, 1.165) is 18.4 Å². The van der Waals surface area contributed by atoms with Crippen molar-refractivity contribution in [1.82, 2.24) is 4.90 Å². The van der Waals surface area contributed by atoms with Crippen LogP contribution in [-0.2, 0) is 21.7 Å². The first kappa shape index (κ1) is 13.6. The van der Waals surface area contributed by atoms with Crippen molar-refractivity contribution in [2.75, 3.05) is 13.3 Å². The normalized spacial score (nSPS) is 44.9. The van der Waals surface area contributed by atoms with Crippen LogP contribution in [0.3, 0.4) is 0 Å². The molecule has 118 valence electrons. The summed E-state index contributed by atoms with van der Waals surface area (Å²) in [5.74, 6) is 0.738. The van der Waals surface area contributed by atoms with Crippen molar-refractivity contribution in [1.29, 1.82) is 0 Å². The van der Waals surface area contributed by atoms with Crippen molar-refractivity contribution in [3.63, 3.8) is 0 Å². The fourth-order valence-corrected chi connectivity index (χ4v) is 7.02. The minimum atomic E-state index is -3.12. The smallest absolute Gasteiger partial charge is 0.175 e. The van der Waals surface area contributed by atoms with Gasteiger partial charge in [-0.15, -0.1) is 0 Å². The Morgan fingerprint density at radius 1 is 1.27 bits per heavy atom. The molecule has 1 heterocycles. The highest BCUT2D eigenvalue weighted by atomic mass is 32.2. The number of nitrogens with zero attached hydrogens (tertiary/aromatic N) is 1. The summed E-state index contributed by atoms with van der Waals surface area (Å²) in [6.45, 7) is 0. The number of benzene rings is 1. The van der Waals surface area contributed by atoms with E-state index < -0.39 is 9.84 Å². The molecule has 0 N–H and O–H groups in total. The summed E-state index contributed by atoms with van der Waals surface area (Å²) >= 11 is 0. The van der Waals surface area contributed by atoms with Gasteiger partial charge < -0.3 is 0 Å². The van der Waals surface area contributed by atoms with Crippen molar-refractivity contribution >= 4 is 9.84 Å². The molecule has 3 aliphatic carbocycles. The first-order chi connectivity index (χ1) is 10.4. The fraction of sp³-hybridized carbons (Fsp3) is 0.667. The molecule has 5 atom stereocenters. The van der Waals surface area contributed by atoms with Gasteiger partial charge in [-0.1, -0.05) is 18.9 Å². The Morgan fingerprint density at radius 2 is 2.09 bits per heavy atom. The van der Waals surface area contributed by atoms with Gasteiger partial charge in [-0.2, -0.15) is 0 Å². The van der Waals surface area contributed by atoms with Gasteiger partial charge in [0.1, 0.15) is 0 Å². The molecule has 1 aromatic carbocycles. The number of piperidine rings is 1. The number of rotatable bonds is 1. The molecule has 4 heteroatoms. The van der Waals surface area contributed by atoms with E-state index in [2.05, 4.69) is 18.0 Å². The summed E-state index contributed by atoms with van der Waals surface area (Å²) in [6, 6.07) is 6.69. The Hall–Kier alpha value is -0.870. The Bertz CT molecular complexity index is 786. The van der Waals surface area contributed by atoms with E-state index in [1.807, 2.05) is 12.1 Å². The fourth-order valence-electron chi connectivity index (χ4n) is 6.38. The largest absolute Gasteiger partial charge is 0.294 e. The maximum absolute atomic E-state index is 12.0. The molecule has 2 saturated carbocycles. The van der Waals surface area contributed by atoms with Crippen molar-refractivity contribution in [2.45, 2.75) is 60.4 Å². The SMILES string of the molecule is CN1[C@@H]2[C@H]3CCCC[C@]34CC21Cc1ccc(S(C)(=O)=O)cc14. The van der Waals surface area contributed by atoms with E-state index >= 15 is 0 Å². The van der Waals surface area contributed by atoms with Gasteiger partial charge in [0.25, 0.3) is 0 Å². The highest BCUT2D eigenvalue weighted by Gasteiger charge is 2.76. The van der Waals surface area contributed by atoms with Crippen LogP contribution in [0.15, 0.2) is 23.1 Å². The molecule has 3 fully saturated rings. The summed E-state index contributed by atoms with van der Waals surface area (Å²) in [4.78, 5) is 3.11. The van der Waals surface area contributed by atoms with Crippen LogP contribution in [-0.4, -0.2) is 38.2 Å². The van der Waals surface area contributed by atoms with Crippen LogP contribution >= 0.6 is 0 Å². The lowest BCUT2D eigenvalue weighted by molar-refractivity contribution is 0.148. The van der Waals surface area contributed by atoms with Gasteiger partial charge in [0, 0.05) is 23.3 Å². The molecular weight excluding hydrogens is 294 g/mol. The van der Waals surface area contributed by atoms with Gasteiger partial charge >= 0.3 is 0 Å². The number of sulfone groups is 1. The Balaban J connectivity index is 1.73. The van der Waals surface area contributed by atoms with Crippen LogP contribution in [0.5, 0.6) is 0 Å². The average Bonchev–Trinajstić information content (AvgIpc) is 2.89. The lowest BCUT2D eigenvalue weighted by Crippen LogP contribution is -2.44. The van der Waals surface area contributed by atoms with Gasteiger partial charge in [-0.25, -0.2) is 8.42 Å². The maximum atomic E-state index is 12.0. The molecule has 0 amide bonds. The minimum Gasteiger partial charge on any atom is -0.294 e. The third kappa shape index (κ3) is 1.40. The zero-order chi connectivity index (χ0) is 15.3. The predicted octanol–water partition coefficient (Wildman–Crippen LogP) is 2.53. The standard InChI is InChI=1S/C18H23NO2S/c1-19-16-14-5-3-4-8-17(14)11-18(16,19)10-12-6-7-13(9-15(12)17)22(2,20)21/h6-7,9,14,16H,3-5,8,10-11H2,1-2H3/t14-,16-,17+,18?,19?/m1/s1. The quantitative estimate of drug-likeness (QED) is 0.747. The first-order valence-corrected chi connectivity index (χ1v) is 10.3. The third-order valence-corrected chi connectivity index (χ3v) is 8.36. The zero-order valence-electron chi connectivity index (χ0n) is 13.3. The summed E-state index contributed by atoms with van der Waals surface area (Å²) in [5, 5.41) is 0. The number of hydrogen-bond acceptors (Lipinski definition) is 3. The van der Waals surface area contributed by atoms with Crippen molar-refractivity contribution in [3.8, 4) is 0 Å². The summed E-state index contributed by atoms with van der Waals surface area (Å²) in [6.07, 6.45) is 8.91. The Morgan fingerprint density at radius 3 is 2.86 bits per heavy atom. The van der Waals surface area contributed by atoms with Crippen LogP contribution < -0.4 is 0 Å². The van der Waals surface area contributed by atoms with Gasteiger partial charge in [0.05, 0.1) is 4.90 Å². The number of hydrogen-bond donors (Lipinski definition) is 0. The van der Waals surface area contributed by atoms with E-state index in [0.29, 0.717) is 10.4 Å². The molecular formula is C18H23NO2S. The van der Waals surface area contributed by atoms with Crippen LogP contribution in [0.2, 0.25) is 0 Å². The van der Waals surface area contributed by atoms with Crippen molar-refractivity contribution in [2.24, 2.45) is 5.92 Å². The summed E-state index contributed by atoms with van der Waals surface area (Å²) < 4.78 is 24.0. The second-order valence-corrected chi connectivity index (χ2v) is 10.1. The first-order valence-electron chi connectivity index (χ1n) is 8.45. The number of likely N-dealkylation sites (N-methyl/N-ethyl adjacent to an activating group) is 1. The van der Waals surface area contributed by atoms with Gasteiger partial charge in [0.2, 0.25) is 0 Å². The maximum Gasteiger partial charge on any atom is 0.175 e. The van der Waals surface area contributed by atoms with Gasteiger partial charge in [-0.05, 0) is 61.9 Å². The van der Waals surface area contributed by atoms with E-state index in [1.165, 1.54) is 49.5 Å². The lowest BCUT2D eigenvalue weighted by Gasteiger charge is -2.47. The lowest BCUT2D eigenvalue weighted by atomic mass is 9.60. The molecule has 5 rings (SSSR count). The summed E-state index contributed by atoms with van der Waals surface area (Å²) in [7, 11) is -0.830. The predicted molar refractivity (Wildman–Crippen MR) is 85.8 cm³/mol. The molecule has 22 heavy (non-hydrogen) atoms. The van der Waals surface area contributed by atoms with Crippen molar-refractivity contribution < 1.29 is 8.42 Å². The number of fused-ring (bicyclic) bond motifs is 2. The van der Waals surface area contributed by atoms with Gasteiger partial charge in [-0.3, -0.25) is 4.90 Å². The minimum absolute atomic E-state index is 0.268. The zero-order valence-corrected chi connectivity index (χ0v) is 14.1. The Kier molecular flexibility index (Phi) is 2.33. The monoisotopic (exact) mass is 317 g/mol. The second-order valence-electron chi connectivity index (χ2n) is 8.11. The molecule has 4 aliphatic rings. The highest BCUT2D eigenvalue weighted by Crippen LogP contribution is 2.71. The molecule has 3 nitrogen and oxygen atoms in total. The second kappa shape index (κ2) is 3.78. The molecule has 0 radical (unpaired) electrons. The molecule has 2 unspecified atom stereocenters. The van der Waals surface area contributed by atoms with Crippen LogP contribution in [0.1, 0.15) is 43.2 Å². The molecule has 2 bridgehead atoms. The summed E-state index contributed by atoms with van der Waals surface area (Å²) in [5.41, 5.74) is 3.46. The average molecular weight is 317 g/mol.